The van der Waals surface area contributed by atoms with Crippen molar-refractivity contribution in [2.75, 3.05) is 13.1 Å². The third-order valence-electron chi connectivity index (χ3n) is 4.28. The highest BCUT2D eigenvalue weighted by atomic mass is 19.1. The number of alkyl halides is 1. The summed E-state index contributed by atoms with van der Waals surface area (Å²) in [5.74, 6) is 0. The molecule has 4 heteroatoms. The largest absolute Gasteiger partial charge is 0.314 e. The van der Waals surface area contributed by atoms with Crippen molar-refractivity contribution < 1.29 is 4.39 Å². The molecule has 1 unspecified atom stereocenters. The number of rotatable bonds is 3. The standard InChI is InChI=1S/C14H22FN3/c15-14(7-3-8-16-11-14)10-12-6-9-18(17-12)13-4-1-2-5-13/h6,9,13,16H,1-5,7-8,10-11H2. The van der Waals surface area contributed by atoms with Gasteiger partial charge in [-0.05, 0) is 38.3 Å². The summed E-state index contributed by atoms with van der Waals surface area (Å²) < 4.78 is 16.6. The van der Waals surface area contributed by atoms with E-state index in [1.807, 2.05) is 12.3 Å². The molecule has 0 bridgehead atoms. The topological polar surface area (TPSA) is 29.9 Å². The first-order valence-corrected chi connectivity index (χ1v) is 7.19. The molecule has 2 aliphatic rings. The summed E-state index contributed by atoms with van der Waals surface area (Å²) in [6, 6.07) is 2.55. The molecule has 1 saturated heterocycles. The Bertz CT molecular complexity index is 389. The Morgan fingerprint density at radius 3 is 2.94 bits per heavy atom. The third-order valence-corrected chi connectivity index (χ3v) is 4.28. The van der Waals surface area contributed by atoms with E-state index in [0.29, 0.717) is 25.4 Å². The lowest BCUT2D eigenvalue weighted by Gasteiger charge is -2.29. The van der Waals surface area contributed by atoms with Gasteiger partial charge in [0.15, 0.2) is 0 Å². The van der Waals surface area contributed by atoms with E-state index in [9.17, 15) is 4.39 Å². The lowest BCUT2D eigenvalue weighted by Crippen LogP contribution is -2.43. The second-order valence-electron chi connectivity index (χ2n) is 5.83. The highest BCUT2D eigenvalue weighted by Crippen LogP contribution is 2.30. The Kier molecular flexibility index (Phi) is 3.37. The van der Waals surface area contributed by atoms with E-state index in [-0.39, 0.29) is 0 Å². The first kappa shape index (κ1) is 12.2. The predicted octanol–water partition coefficient (Wildman–Crippen LogP) is 2.63. The summed E-state index contributed by atoms with van der Waals surface area (Å²) in [4.78, 5) is 0. The van der Waals surface area contributed by atoms with Crippen LogP contribution in [0, 0.1) is 0 Å². The monoisotopic (exact) mass is 251 g/mol. The summed E-state index contributed by atoms with van der Waals surface area (Å²) in [6.45, 7) is 1.42. The van der Waals surface area contributed by atoms with Gasteiger partial charge in [0.1, 0.15) is 5.67 Å². The van der Waals surface area contributed by atoms with E-state index in [1.54, 1.807) is 0 Å². The Hall–Kier alpha value is -0.900. The highest BCUT2D eigenvalue weighted by molar-refractivity contribution is 5.06. The molecule has 18 heavy (non-hydrogen) atoms. The molecule has 0 radical (unpaired) electrons. The van der Waals surface area contributed by atoms with E-state index in [2.05, 4.69) is 15.1 Å². The summed E-state index contributed by atoms with van der Waals surface area (Å²) in [6.07, 6.45) is 9.14. The average Bonchev–Trinajstić information content (AvgIpc) is 2.99. The quantitative estimate of drug-likeness (QED) is 0.895. The second-order valence-corrected chi connectivity index (χ2v) is 5.83. The van der Waals surface area contributed by atoms with Gasteiger partial charge >= 0.3 is 0 Å². The van der Waals surface area contributed by atoms with Crippen molar-refractivity contribution in [3.8, 4) is 0 Å². The molecular weight excluding hydrogens is 229 g/mol. The molecule has 0 amide bonds. The number of piperidine rings is 1. The van der Waals surface area contributed by atoms with Gasteiger partial charge in [0.2, 0.25) is 0 Å². The normalized spacial score (nSPS) is 29.8. The zero-order valence-electron chi connectivity index (χ0n) is 10.9. The fraction of sp³-hybridized carbons (Fsp3) is 0.786. The van der Waals surface area contributed by atoms with Gasteiger partial charge < -0.3 is 5.32 Å². The highest BCUT2D eigenvalue weighted by Gasteiger charge is 2.32. The van der Waals surface area contributed by atoms with Crippen LogP contribution < -0.4 is 5.32 Å². The number of hydrogen-bond acceptors (Lipinski definition) is 2. The van der Waals surface area contributed by atoms with Crippen LogP contribution >= 0.6 is 0 Å². The van der Waals surface area contributed by atoms with Crippen LogP contribution in [0.15, 0.2) is 12.3 Å². The fourth-order valence-corrected chi connectivity index (χ4v) is 3.25. The van der Waals surface area contributed by atoms with Crippen molar-refractivity contribution >= 4 is 0 Å². The molecule has 1 saturated carbocycles. The summed E-state index contributed by atoms with van der Waals surface area (Å²) in [5, 5.41) is 7.73. The van der Waals surface area contributed by atoms with Crippen molar-refractivity contribution in [1.29, 1.82) is 0 Å². The number of nitrogens with one attached hydrogen (secondary N) is 1. The minimum atomic E-state index is -1.09. The molecule has 1 N–H and O–H groups in total. The lowest BCUT2D eigenvalue weighted by atomic mass is 9.91. The first-order valence-electron chi connectivity index (χ1n) is 7.19. The number of nitrogens with zero attached hydrogens (tertiary/aromatic N) is 2. The minimum Gasteiger partial charge on any atom is -0.314 e. The maximum Gasteiger partial charge on any atom is 0.129 e. The van der Waals surface area contributed by atoms with Crippen LogP contribution in [-0.2, 0) is 6.42 Å². The summed E-state index contributed by atoms with van der Waals surface area (Å²) in [5.41, 5.74) is -0.180. The van der Waals surface area contributed by atoms with Crippen LogP contribution in [-0.4, -0.2) is 28.5 Å². The van der Waals surface area contributed by atoms with E-state index < -0.39 is 5.67 Å². The Balaban J connectivity index is 1.65. The molecule has 100 valence electrons. The van der Waals surface area contributed by atoms with E-state index in [4.69, 9.17) is 0 Å². The average molecular weight is 251 g/mol. The maximum atomic E-state index is 14.5. The molecule has 1 aliphatic heterocycles. The zero-order valence-corrected chi connectivity index (χ0v) is 10.9. The molecule has 0 aromatic carbocycles. The molecule has 3 nitrogen and oxygen atoms in total. The molecule has 1 atom stereocenters. The predicted molar refractivity (Wildman–Crippen MR) is 69.4 cm³/mol. The third kappa shape index (κ3) is 2.58. The summed E-state index contributed by atoms with van der Waals surface area (Å²) >= 11 is 0. The Morgan fingerprint density at radius 2 is 2.22 bits per heavy atom. The fourth-order valence-electron chi connectivity index (χ4n) is 3.25. The molecule has 2 fully saturated rings. The van der Waals surface area contributed by atoms with Gasteiger partial charge in [0.05, 0.1) is 11.7 Å². The minimum absolute atomic E-state index is 0.458. The first-order chi connectivity index (χ1) is 8.75. The van der Waals surface area contributed by atoms with Crippen molar-refractivity contribution in [1.82, 2.24) is 15.1 Å². The number of hydrogen-bond donors (Lipinski definition) is 1. The SMILES string of the molecule is FC1(Cc2ccn(C3CCCC3)n2)CCCNC1. The van der Waals surface area contributed by atoms with Gasteiger partial charge in [-0.15, -0.1) is 0 Å². The molecular formula is C14H22FN3. The molecule has 3 rings (SSSR count). The van der Waals surface area contributed by atoms with Crippen LogP contribution in [0.25, 0.3) is 0 Å². The van der Waals surface area contributed by atoms with Crippen LogP contribution in [0.4, 0.5) is 4.39 Å². The van der Waals surface area contributed by atoms with E-state index >= 15 is 0 Å². The van der Waals surface area contributed by atoms with Crippen molar-refractivity contribution in [3.63, 3.8) is 0 Å². The smallest absolute Gasteiger partial charge is 0.129 e. The zero-order chi connectivity index (χ0) is 12.4. The van der Waals surface area contributed by atoms with Crippen molar-refractivity contribution in [2.45, 2.75) is 56.7 Å². The number of halogens is 1. The maximum absolute atomic E-state index is 14.5. The van der Waals surface area contributed by atoms with Gasteiger partial charge in [-0.25, -0.2) is 4.39 Å². The lowest BCUT2D eigenvalue weighted by molar-refractivity contribution is 0.121. The van der Waals surface area contributed by atoms with Crippen LogP contribution in [0.2, 0.25) is 0 Å². The summed E-state index contributed by atoms with van der Waals surface area (Å²) in [7, 11) is 0. The van der Waals surface area contributed by atoms with Gasteiger partial charge in [-0.2, -0.15) is 5.10 Å². The molecule has 1 aromatic rings. The van der Waals surface area contributed by atoms with Crippen LogP contribution in [0.5, 0.6) is 0 Å². The molecule has 1 aliphatic carbocycles. The van der Waals surface area contributed by atoms with Gasteiger partial charge in [0, 0.05) is 19.2 Å². The van der Waals surface area contributed by atoms with Crippen LogP contribution in [0.1, 0.15) is 50.3 Å². The van der Waals surface area contributed by atoms with Crippen molar-refractivity contribution in [3.05, 3.63) is 18.0 Å². The van der Waals surface area contributed by atoms with E-state index in [0.717, 1.165) is 18.7 Å². The molecule has 1 aromatic heterocycles. The van der Waals surface area contributed by atoms with Gasteiger partial charge in [-0.3, -0.25) is 4.68 Å². The number of aromatic nitrogens is 2. The van der Waals surface area contributed by atoms with Gasteiger partial charge in [-0.1, -0.05) is 12.8 Å². The van der Waals surface area contributed by atoms with Gasteiger partial charge in [0.25, 0.3) is 0 Å². The second kappa shape index (κ2) is 5.00. The molecule has 2 heterocycles. The van der Waals surface area contributed by atoms with E-state index in [1.165, 1.54) is 25.7 Å². The Labute approximate surface area is 108 Å². The van der Waals surface area contributed by atoms with Crippen LogP contribution in [0.3, 0.4) is 0 Å². The van der Waals surface area contributed by atoms with Crippen molar-refractivity contribution in [2.24, 2.45) is 0 Å². The molecule has 0 spiro atoms. The Morgan fingerprint density at radius 1 is 1.39 bits per heavy atom.